The van der Waals surface area contributed by atoms with Gasteiger partial charge in [0.25, 0.3) is 0 Å². The Morgan fingerprint density at radius 3 is 2.59 bits per heavy atom. The number of hydrogen-bond donors (Lipinski definition) is 1. The van der Waals surface area contributed by atoms with Crippen LogP contribution in [0.5, 0.6) is 0 Å². The summed E-state index contributed by atoms with van der Waals surface area (Å²) in [5.41, 5.74) is 0.162. The fourth-order valence-electron chi connectivity index (χ4n) is 8.04. The third-order valence-corrected chi connectivity index (χ3v) is 9.17. The Balaban J connectivity index is 1.75. The molecule has 4 aliphatic carbocycles. The first-order chi connectivity index (χ1) is 13.7. The van der Waals surface area contributed by atoms with E-state index in [4.69, 9.17) is 4.74 Å². The minimum Gasteiger partial charge on any atom is -0.454 e. The van der Waals surface area contributed by atoms with Gasteiger partial charge in [0.1, 0.15) is 11.9 Å². The number of carbonyl (C=O) groups excluding carboxylic acids is 2. The van der Waals surface area contributed by atoms with Crippen LogP contribution in [0.4, 0.5) is 0 Å². The molecule has 160 valence electrons. The first-order valence-corrected chi connectivity index (χ1v) is 11.4. The number of esters is 1. The van der Waals surface area contributed by atoms with Crippen molar-refractivity contribution in [2.75, 3.05) is 0 Å². The zero-order chi connectivity index (χ0) is 21.0. The molecule has 0 radical (unpaired) electrons. The molecular formula is C25H36O4. The van der Waals surface area contributed by atoms with Gasteiger partial charge in [-0.25, -0.2) is 0 Å². The van der Waals surface area contributed by atoms with Crippen LogP contribution in [0.1, 0.15) is 72.6 Å². The molecule has 8 atom stereocenters. The Bertz CT molecular complexity index is 754. The molecule has 0 aromatic heterocycles. The summed E-state index contributed by atoms with van der Waals surface area (Å²) in [4.78, 5) is 24.6. The van der Waals surface area contributed by atoms with Crippen molar-refractivity contribution in [2.45, 2.75) is 84.3 Å². The van der Waals surface area contributed by atoms with Crippen LogP contribution < -0.4 is 0 Å². The minimum absolute atomic E-state index is 0.0917. The Morgan fingerprint density at radius 2 is 1.93 bits per heavy atom. The van der Waals surface area contributed by atoms with Crippen molar-refractivity contribution < 1.29 is 19.4 Å². The van der Waals surface area contributed by atoms with Crippen LogP contribution in [0, 0.1) is 34.5 Å². The normalized spacial score (nSPS) is 49.0. The van der Waals surface area contributed by atoms with Gasteiger partial charge in [0.2, 0.25) is 0 Å². The van der Waals surface area contributed by atoms with Crippen molar-refractivity contribution in [3.05, 3.63) is 23.8 Å². The Kier molecular flexibility index (Phi) is 5.08. The van der Waals surface area contributed by atoms with Crippen LogP contribution in [-0.2, 0) is 14.3 Å². The zero-order valence-corrected chi connectivity index (χ0v) is 18.3. The van der Waals surface area contributed by atoms with Crippen molar-refractivity contribution in [3.63, 3.8) is 0 Å². The number of hydrogen-bond acceptors (Lipinski definition) is 4. The molecule has 3 fully saturated rings. The van der Waals surface area contributed by atoms with Crippen molar-refractivity contribution in [1.82, 2.24) is 0 Å². The lowest BCUT2D eigenvalue weighted by molar-refractivity contribution is -0.172. The highest BCUT2D eigenvalue weighted by atomic mass is 16.6. The summed E-state index contributed by atoms with van der Waals surface area (Å²) in [5, 5.41) is 10.2. The molecule has 0 bridgehead atoms. The molecule has 0 amide bonds. The summed E-state index contributed by atoms with van der Waals surface area (Å²) in [5.74, 6) is 1.35. The van der Waals surface area contributed by atoms with Crippen molar-refractivity contribution in [2.24, 2.45) is 34.5 Å². The Labute approximate surface area is 174 Å². The van der Waals surface area contributed by atoms with Gasteiger partial charge in [-0.2, -0.15) is 0 Å². The van der Waals surface area contributed by atoms with E-state index in [1.54, 1.807) is 0 Å². The van der Waals surface area contributed by atoms with Gasteiger partial charge >= 0.3 is 5.97 Å². The summed E-state index contributed by atoms with van der Waals surface area (Å²) in [6.07, 6.45) is 13.3. The average Bonchev–Trinajstić information content (AvgIpc) is 2.94. The number of carbonyl (C=O) groups is 2. The maximum absolute atomic E-state index is 12.6. The fourth-order valence-corrected chi connectivity index (χ4v) is 8.04. The monoisotopic (exact) mass is 400 g/mol. The maximum Gasteiger partial charge on any atom is 0.303 e. The summed E-state index contributed by atoms with van der Waals surface area (Å²) in [6.45, 7) is 8.06. The molecule has 0 saturated heterocycles. The quantitative estimate of drug-likeness (QED) is 0.427. The smallest absolute Gasteiger partial charge is 0.303 e. The van der Waals surface area contributed by atoms with Gasteiger partial charge in [-0.3, -0.25) is 4.79 Å². The predicted octanol–water partition coefficient (Wildman–Crippen LogP) is 4.61. The van der Waals surface area contributed by atoms with Crippen LogP contribution in [0.25, 0.3) is 0 Å². The SMILES string of the molecule is CC=CC1(OC(C)=O)CC[C@H]2[C@@H]3CC(C)C4=CC(O)CC[C@]4(C=O)[C@@H]3CC[C@@]21C. The third-order valence-electron chi connectivity index (χ3n) is 9.17. The fraction of sp³-hybridized carbons (Fsp3) is 0.760. The summed E-state index contributed by atoms with van der Waals surface area (Å²) in [7, 11) is 0. The number of rotatable bonds is 3. The number of aliphatic hydroxyl groups is 1. The van der Waals surface area contributed by atoms with Gasteiger partial charge in [-0.1, -0.05) is 31.6 Å². The first kappa shape index (κ1) is 20.8. The van der Waals surface area contributed by atoms with Gasteiger partial charge in [0.15, 0.2) is 0 Å². The predicted molar refractivity (Wildman–Crippen MR) is 112 cm³/mol. The van der Waals surface area contributed by atoms with Crippen molar-refractivity contribution in [3.8, 4) is 0 Å². The molecule has 4 heteroatoms. The third kappa shape index (κ3) is 2.81. The van der Waals surface area contributed by atoms with Crippen molar-refractivity contribution in [1.29, 1.82) is 0 Å². The molecule has 1 N–H and O–H groups in total. The number of fused-ring (bicyclic) bond motifs is 5. The molecule has 3 unspecified atom stereocenters. The van der Waals surface area contributed by atoms with Gasteiger partial charge in [0.05, 0.1) is 11.5 Å². The van der Waals surface area contributed by atoms with E-state index >= 15 is 0 Å². The second kappa shape index (κ2) is 7.08. The van der Waals surface area contributed by atoms with E-state index in [9.17, 15) is 14.7 Å². The summed E-state index contributed by atoms with van der Waals surface area (Å²) in [6, 6.07) is 0. The van der Waals surface area contributed by atoms with E-state index in [0.29, 0.717) is 30.1 Å². The highest BCUT2D eigenvalue weighted by molar-refractivity contribution is 5.68. The standard InChI is InChI=1S/C25H36O4/c1-5-9-25(29-17(3)27)12-8-20-19-13-16(2)22-14-18(28)6-11-24(22,15-26)21(19)7-10-23(20,25)4/h5,9,14-16,18-21,28H,6-8,10-13H2,1-4H3/t16?,18?,19-,20-,21+,23-,24-,25?/m0/s1. The van der Waals surface area contributed by atoms with Gasteiger partial charge < -0.3 is 14.6 Å². The lowest BCUT2D eigenvalue weighted by atomic mass is 9.44. The topological polar surface area (TPSA) is 63.6 Å². The Hall–Kier alpha value is -1.42. The molecule has 4 aliphatic rings. The molecule has 0 aromatic rings. The van der Waals surface area contributed by atoms with Crippen molar-refractivity contribution >= 4 is 12.3 Å². The van der Waals surface area contributed by atoms with E-state index in [1.165, 1.54) is 18.8 Å². The van der Waals surface area contributed by atoms with E-state index in [0.717, 1.165) is 38.5 Å². The van der Waals surface area contributed by atoms with E-state index in [-0.39, 0.29) is 11.4 Å². The molecule has 0 spiro atoms. The zero-order valence-electron chi connectivity index (χ0n) is 18.3. The van der Waals surface area contributed by atoms with E-state index in [2.05, 4.69) is 19.9 Å². The van der Waals surface area contributed by atoms with Gasteiger partial charge in [-0.15, -0.1) is 0 Å². The minimum atomic E-state index is -0.528. The van der Waals surface area contributed by atoms with Crippen LogP contribution in [0.3, 0.4) is 0 Å². The number of ether oxygens (including phenoxy) is 1. The highest BCUT2D eigenvalue weighted by Gasteiger charge is 2.66. The van der Waals surface area contributed by atoms with Gasteiger partial charge in [-0.05, 0) is 81.6 Å². The maximum atomic E-state index is 12.6. The summed E-state index contributed by atoms with van der Waals surface area (Å²) < 4.78 is 6.05. The number of allylic oxidation sites excluding steroid dienone is 2. The van der Waals surface area contributed by atoms with Gasteiger partial charge in [0, 0.05) is 12.3 Å². The lowest BCUT2D eigenvalue weighted by Gasteiger charge is -2.60. The molecule has 0 aliphatic heterocycles. The van der Waals surface area contributed by atoms with Crippen LogP contribution in [-0.4, -0.2) is 29.1 Å². The largest absolute Gasteiger partial charge is 0.454 e. The molecule has 29 heavy (non-hydrogen) atoms. The average molecular weight is 401 g/mol. The van der Waals surface area contributed by atoms with Crippen LogP contribution in [0.15, 0.2) is 23.8 Å². The first-order valence-electron chi connectivity index (χ1n) is 11.4. The molecule has 0 heterocycles. The van der Waals surface area contributed by atoms with E-state index in [1.807, 2.05) is 19.1 Å². The van der Waals surface area contributed by atoms with Crippen LogP contribution in [0.2, 0.25) is 0 Å². The Morgan fingerprint density at radius 1 is 1.21 bits per heavy atom. The van der Waals surface area contributed by atoms with E-state index < -0.39 is 17.1 Å². The summed E-state index contributed by atoms with van der Waals surface area (Å²) >= 11 is 0. The molecule has 3 saturated carbocycles. The number of aliphatic hydroxyl groups excluding tert-OH is 1. The highest BCUT2D eigenvalue weighted by Crippen LogP contribution is 2.69. The lowest BCUT2D eigenvalue weighted by Crippen LogP contribution is -2.57. The number of aldehydes is 1. The molecular weight excluding hydrogens is 364 g/mol. The molecule has 0 aromatic carbocycles. The van der Waals surface area contributed by atoms with Crippen LogP contribution >= 0.6 is 0 Å². The second-order valence-electron chi connectivity index (χ2n) is 10.4. The molecule has 4 rings (SSSR count). The molecule has 4 nitrogen and oxygen atoms in total. The second-order valence-corrected chi connectivity index (χ2v) is 10.4.